The number of nitrogens with two attached hydrogens (primary N) is 1. The predicted octanol–water partition coefficient (Wildman–Crippen LogP) is 2.17. The molecule has 0 saturated heterocycles. The zero-order valence-electron chi connectivity index (χ0n) is 15.6. The fourth-order valence-corrected chi connectivity index (χ4v) is 2.19. The van der Waals surface area contributed by atoms with Gasteiger partial charge in [0.15, 0.2) is 0 Å². The van der Waals surface area contributed by atoms with Gasteiger partial charge in [0.25, 0.3) is 5.91 Å². The Hall–Kier alpha value is -1.12. The van der Waals surface area contributed by atoms with Crippen molar-refractivity contribution in [3.63, 3.8) is 0 Å². The third-order valence-electron chi connectivity index (χ3n) is 2.87. The largest absolute Gasteiger partial charge is 0.378 e. The molecule has 0 atom stereocenters. The molecule has 3 N–H and O–H groups in total. The molecule has 0 aliphatic rings. The van der Waals surface area contributed by atoms with Crippen molar-refractivity contribution >= 4 is 17.7 Å². The van der Waals surface area contributed by atoms with E-state index in [1.54, 1.807) is 17.8 Å². The molecule has 0 aromatic heterocycles. The molecule has 0 heterocycles. The van der Waals surface area contributed by atoms with Crippen molar-refractivity contribution in [2.24, 2.45) is 5.73 Å². The van der Waals surface area contributed by atoms with E-state index in [0.717, 1.165) is 4.90 Å². The summed E-state index contributed by atoms with van der Waals surface area (Å²) in [7, 11) is 0. The van der Waals surface area contributed by atoms with Crippen LogP contribution < -0.4 is 11.1 Å². The smallest absolute Gasteiger partial charge is 0.251 e. The maximum atomic E-state index is 11.9. The minimum absolute atomic E-state index is 0.0854. The molecular weight excluding hydrogens is 340 g/mol. The molecule has 25 heavy (non-hydrogen) atoms. The summed E-state index contributed by atoms with van der Waals surface area (Å²) in [5, 5.41) is 2.83. The van der Waals surface area contributed by atoms with E-state index in [1.807, 2.05) is 38.3 Å². The van der Waals surface area contributed by atoms with Gasteiger partial charge in [-0.1, -0.05) is 19.9 Å². The minimum atomic E-state index is -0.0854. The van der Waals surface area contributed by atoms with E-state index in [2.05, 4.69) is 5.32 Å². The lowest BCUT2D eigenvalue weighted by molar-refractivity contribution is 0.0166. The van der Waals surface area contributed by atoms with Gasteiger partial charge < -0.3 is 25.3 Å². The molecule has 0 unspecified atom stereocenters. The number of thioether (sulfide) groups is 1. The lowest BCUT2D eigenvalue weighted by atomic mass is 10.2. The third-order valence-corrected chi connectivity index (χ3v) is 3.60. The zero-order valence-corrected chi connectivity index (χ0v) is 16.4. The summed E-state index contributed by atoms with van der Waals surface area (Å²) in [4.78, 5) is 13.0. The number of nitrogens with one attached hydrogen (secondary N) is 1. The molecule has 0 spiro atoms. The Morgan fingerprint density at radius 2 is 1.64 bits per heavy atom. The minimum Gasteiger partial charge on any atom is -0.378 e. The molecule has 0 bridgehead atoms. The molecule has 0 aliphatic carbocycles. The molecule has 6 nitrogen and oxygen atoms in total. The van der Waals surface area contributed by atoms with Crippen LogP contribution in [0.2, 0.25) is 0 Å². The third kappa shape index (κ3) is 12.8. The fourth-order valence-electron chi connectivity index (χ4n) is 1.73. The Kier molecular flexibility index (Phi) is 16.9. The summed E-state index contributed by atoms with van der Waals surface area (Å²) < 4.78 is 15.9. The highest BCUT2D eigenvalue weighted by molar-refractivity contribution is 7.98. The summed E-state index contributed by atoms with van der Waals surface area (Å²) in [6, 6.07) is 7.54. The number of benzene rings is 1. The SMILES string of the molecule is CC.CSc1cccc(C(=O)NCCOCCOCCOCCN)c1. The van der Waals surface area contributed by atoms with Crippen LogP contribution in [0.1, 0.15) is 24.2 Å². The molecule has 1 aromatic rings. The highest BCUT2D eigenvalue weighted by Gasteiger charge is 2.05. The van der Waals surface area contributed by atoms with Gasteiger partial charge in [-0.25, -0.2) is 0 Å². The zero-order chi connectivity index (χ0) is 18.8. The molecule has 1 amide bonds. The number of amides is 1. The Balaban J connectivity index is 0.00000277. The van der Waals surface area contributed by atoms with Crippen molar-refractivity contribution in [3.8, 4) is 0 Å². The Labute approximate surface area is 155 Å². The summed E-state index contributed by atoms with van der Waals surface area (Å²) in [5.41, 5.74) is 5.96. The first kappa shape index (κ1) is 23.9. The molecule has 1 aromatic carbocycles. The van der Waals surface area contributed by atoms with Crippen molar-refractivity contribution in [1.29, 1.82) is 0 Å². The number of hydrogen-bond acceptors (Lipinski definition) is 6. The Bertz CT molecular complexity index is 447. The highest BCUT2D eigenvalue weighted by Crippen LogP contribution is 2.15. The van der Waals surface area contributed by atoms with Gasteiger partial charge in [0.1, 0.15) is 0 Å². The van der Waals surface area contributed by atoms with Crippen LogP contribution in [0.5, 0.6) is 0 Å². The monoisotopic (exact) mass is 372 g/mol. The summed E-state index contributed by atoms with van der Waals surface area (Å²) in [6.07, 6.45) is 1.98. The van der Waals surface area contributed by atoms with E-state index in [4.69, 9.17) is 19.9 Å². The van der Waals surface area contributed by atoms with E-state index < -0.39 is 0 Å². The molecule has 0 fully saturated rings. The number of carbonyl (C=O) groups excluding carboxylic acids is 1. The van der Waals surface area contributed by atoms with Gasteiger partial charge in [0.2, 0.25) is 0 Å². The first-order chi connectivity index (χ1) is 12.3. The van der Waals surface area contributed by atoms with Crippen LogP contribution in [0.3, 0.4) is 0 Å². The van der Waals surface area contributed by atoms with E-state index >= 15 is 0 Å². The van der Waals surface area contributed by atoms with E-state index in [-0.39, 0.29) is 5.91 Å². The molecule has 7 heteroatoms. The lowest BCUT2D eigenvalue weighted by Crippen LogP contribution is -2.27. The van der Waals surface area contributed by atoms with E-state index in [1.165, 1.54) is 0 Å². The molecule has 0 radical (unpaired) electrons. The first-order valence-corrected chi connectivity index (χ1v) is 9.86. The van der Waals surface area contributed by atoms with Crippen LogP contribution in [0.15, 0.2) is 29.2 Å². The van der Waals surface area contributed by atoms with Crippen molar-refractivity contribution in [3.05, 3.63) is 29.8 Å². The van der Waals surface area contributed by atoms with Gasteiger partial charge in [-0.05, 0) is 24.5 Å². The predicted molar refractivity (Wildman–Crippen MR) is 103 cm³/mol. The fraction of sp³-hybridized carbons (Fsp3) is 0.611. The van der Waals surface area contributed by atoms with Gasteiger partial charge in [-0.2, -0.15) is 0 Å². The maximum absolute atomic E-state index is 11.9. The lowest BCUT2D eigenvalue weighted by Gasteiger charge is -2.08. The summed E-state index contributed by atoms with van der Waals surface area (Å²) in [6.45, 7) is 8.09. The summed E-state index contributed by atoms with van der Waals surface area (Å²) >= 11 is 1.61. The maximum Gasteiger partial charge on any atom is 0.251 e. The number of ether oxygens (including phenoxy) is 3. The Morgan fingerprint density at radius 3 is 2.24 bits per heavy atom. The van der Waals surface area contributed by atoms with Crippen LogP contribution in [-0.2, 0) is 14.2 Å². The average molecular weight is 373 g/mol. The number of carbonyl (C=O) groups is 1. The quantitative estimate of drug-likeness (QED) is 0.408. The van der Waals surface area contributed by atoms with Crippen molar-refractivity contribution < 1.29 is 19.0 Å². The molecule has 1 rings (SSSR count). The van der Waals surface area contributed by atoms with Gasteiger partial charge in [0.05, 0.1) is 39.6 Å². The second-order valence-electron chi connectivity index (χ2n) is 4.61. The van der Waals surface area contributed by atoms with E-state index in [9.17, 15) is 4.79 Å². The van der Waals surface area contributed by atoms with Crippen LogP contribution >= 0.6 is 11.8 Å². The molecular formula is C18H32N2O4S. The highest BCUT2D eigenvalue weighted by atomic mass is 32.2. The second kappa shape index (κ2) is 17.7. The Morgan fingerprint density at radius 1 is 1.04 bits per heavy atom. The molecule has 0 saturated carbocycles. The van der Waals surface area contributed by atoms with Gasteiger partial charge in [0, 0.05) is 23.5 Å². The second-order valence-corrected chi connectivity index (χ2v) is 5.49. The van der Waals surface area contributed by atoms with Crippen LogP contribution in [0.25, 0.3) is 0 Å². The number of rotatable bonds is 13. The molecule has 144 valence electrons. The van der Waals surface area contributed by atoms with Crippen LogP contribution in [-0.4, -0.2) is 64.9 Å². The van der Waals surface area contributed by atoms with Crippen LogP contribution in [0.4, 0.5) is 0 Å². The van der Waals surface area contributed by atoms with Crippen molar-refractivity contribution in [2.75, 3.05) is 59.0 Å². The van der Waals surface area contributed by atoms with Gasteiger partial charge >= 0.3 is 0 Å². The van der Waals surface area contributed by atoms with E-state index in [0.29, 0.717) is 58.3 Å². The molecule has 0 aliphatic heterocycles. The van der Waals surface area contributed by atoms with Crippen molar-refractivity contribution in [1.82, 2.24) is 5.32 Å². The first-order valence-electron chi connectivity index (χ1n) is 8.63. The van der Waals surface area contributed by atoms with Gasteiger partial charge in [-0.3, -0.25) is 4.79 Å². The average Bonchev–Trinajstić information content (AvgIpc) is 2.67. The van der Waals surface area contributed by atoms with Gasteiger partial charge in [-0.15, -0.1) is 11.8 Å². The van der Waals surface area contributed by atoms with Crippen molar-refractivity contribution in [2.45, 2.75) is 18.7 Å². The van der Waals surface area contributed by atoms with Crippen LogP contribution in [0, 0.1) is 0 Å². The topological polar surface area (TPSA) is 82.8 Å². The normalized spacial score (nSPS) is 10.1. The standard InChI is InChI=1S/C16H26N2O4S.C2H6/c1-23-15-4-2-3-14(13-15)16(19)18-6-8-21-10-12-22-11-9-20-7-5-17;1-2/h2-4,13H,5-12,17H2,1H3,(H,18,19);1-2H3. The number of hydrogen-bond donors (Lipinski definition) is 2. The summed E-state index contributed by atoms with van der Waals surface area (Å²) in [5.74, 6) is -0.0854.